The number of fused-ring (bicyclic) bond motifs is 2. The number of hydrogen-bond acceptors (Lipinski definition) is 3. The Balaban J connectivity index is 1.59. The topological polar surface area (TPSA) is 54.5 Å². The van der Waals surface area contributed by atoms with Gasteiger partial charge >= 0.3 is 12.4 Å². The third-order valence-electron chi connectivity index (χ3n) is 5.82. The lowest BCUT2D eigenvalue weighted by molar-refractivity contribution is -0.274. The zero-order valence-electron chi connectivity index (χ0n) is 16.1. The highest BCUT2D eigenvalue weighted by Crippen LogP contribution is 2.50. The van der Waals surface area contributed by atoms with Crippen molar-refractivity contribution in [1.29, 1.82) is 0 Å². The number of benzene rings is 1. The van der Waals surface area contributed by atoms with Gasteiger partial charge in [0.2, 0.25) is 0 Å². The van der Waals surface area contributed by atoms with Gasteiger partial charge in [-0.2, -0.15) is 0 Å². The molecule has 1 aliphatic heterocycles. The quantitative estimate of drug-likeness (QED) is 0.636. The fraction of sp³-hybridized carbons (Fsp3) is 0.429. The zero-order chi connectivity index (χ0) is 21.4. The molecule has 1 spiro atoms. The lowest BCUT2D eigenvalue weighted by Crippen LogP contribution is -2.43. The van der Waals surface area contributed by atoms with Gasteiger partial charge in [-0.25, -0.2) is 9.78 Å². The van der Waals surface area contributed by atoms with Gasteiger partial charge in [-0.15, -0.1) is 13.2 Å². The summed E-state index contributed by atoms with van der Waals surface area (Å²) < 4.78 is 42.3. The number of nitrogens with one attached hydrogen (secondary N) is 1. The van der Waals surface area contributed by atoms with Crippen molar-refractivity contribution in [2.45, 2.75) is 50.4 Å². The summed E-state index contributed by atoms with van der Waals surface area (Å²) in [5.74, 6) is -0.250. The summed E-state index contributed by atoms with van der Waals surface area (Å²) in [6.45, 7) is 0.718. The smallest absolute Gasteiger partial charge is 0.406 e. The number of hydrogen-bond donors (Lipinski definition) is 1. The molecule has 2 aromatic rings. The first-order valence-electron chi connectivity index (χ1n) is 9.82. The molecule has 4 rings (SSSR count). The van der Waals surface area contributed by atoms with Crippen LogP contribution >= 0.6 is 11.6 Å². The van der Waals surface area contributed by atoms with E-state index in [-0.39, 0.29) is 23.7 Å². The lowest BCUT2D eigenvalue weighted by Gasteiger charge is -2.34. The molecule has 0 unspecified atom stereocenters. The van der Waals surface area contributed by atoms with Gasteiger partial charge in [0, 0.05) is 30.4 Å². The minimum atomic E-state index is -4.75. The van der Waals surface area contributed by atoms with E-state index in [4.69, 9.17) is 11.6 Å². The summed E-state index contributed by atoms with van der Waals surface area (Å²) in [6, 6.07) is 7.39. The highest BCUT2D eigenvalue weighted by Gasteiger charge is 2.45. The molecule has 0 bridgehead atoms. The van der Waals surface area contributed by atoms with Crippen LogP contribution < -0.4 is 15.0 Å². The molecule has 30 heavy (non-hydrogen) atoms. The molecular formula is C21H21ClF3N3O2. The van der Waals surface area contributed by atoms with Crippen LogP contribution in [0.2, 0.25) is 5.15 Å². The molecule has 2 amide bonds. The molecule has 1 saturated carbocycles. The maximum atomic E-state index is 13.0. The van der Waals surface area contributed by atoms with Crippen LogP contribution in [0.25, 0.3) is 0 Å². The van der Waals surface area contributed by atoms with Gasteiger partial charge in [0.15, 0.2) is 0 Å². The standard InChI is InChI=1S/C21H21ClF3N3O2/c22-18-10-14(6-9-26-18)12-27-19(29)28-13-20(7-2-1-3-8-20)16-11-15(4-5-17(16)28)30-21(23,24)25/h4-6,9-11H,1-3,7-8,12-13H2,(H,27,29). The summed E-state index contributed by atoms with van der Waals surface area (Å²) in [5, 5.41) is 3.21. The maximum Gasteiger partial charge on any atom is 0.573 e. The molecule has 9 heteroatoms. The number of halogens is 4. The van der Waals surface area contributed by atoms with E-state index in [2.05, 4.69) is 15.0 Å². The van der Waals surface area contributed by atoms with E-state index in [0.717, 1.165) is 43.2 Å². The Morgan fingerprint density at radius 1 is 1.20 bits per heavy atom. The SMILES string of the molecule is O=C(NCc1ccnc(Cl)c1)N1CC2(CCCCC2)c2cc(OC(F)(F)F)ccc21. The normalized spacial score (nSPS) is 17.7. The fourth-order valence-electron chi connectivity index (χ4n) is 4.51. The largest absolute Gasteiger partial charge is 0.573 e. The summed E-state index contributed by atoms with van der Waals surface area (Å²) in [7, 11) is 0. The lowest BCUT2D eigenvalue weighted by atomic mass is 9.71. The van der Waals surface area contributed by atoms with Crippen LogP contribution in [0.4, 0.5) is 23.7 Å². The number of carbonyl (C=O) groups is 1. The average molecular weight is 440 g/mol. The average Bonchev–Trinajstić information content (AvgIpc) is 2.99. The van der Waals surface area contributed by atoms with Crippen molar-refractivity contribution in [3.05, 3.63) is 52.8 Å². The number of urea groups is 1. The van der Waals surface area contributed by atoms with Gasteiger partial charge in [0.1, 0.15) is 10.9 Å². The molecule has 1 aromatic heterocycles. The van der Waals surface area contributed by atoms with Gasteiger partial charge in [-0.05, 0) is 54.3 Å². The number of ether oxygens (including phenoxy) is 1. The van der Waals surface area contributed by atoms with Crippen molar-refractivity contribution in [3.63, 3.8) is 0 Å². The molecule has 1 N–H and O–H groups in total. The van der Waals surface area contributed by atoms with Crippen molar-refractivity contribution in [2.75, 3.05) is 11.4 Å². The third-order valence-corrected chi connectivity index (χ3v) is 6.02. The second kappa shape index (κ2) is 7.98. The second-order valence-corrected chi connectivity index (χ2v) is 8.19. The number of nitrogens with zero attached hydrogens (tertiary/aromatic N) is 2. The van der Waals surface area contributed by atoms with Gasteiger partial charge in [0.25, 0.3) is 0 Å². The van der Waals surface area contributed by atoms with Gasteiger partial charge < -0.3 is 10.1 Å². The molecule has 1 aliphatic carbocycles. The van der Waals surface area contributed by atoms with Gasteiger partial charge in [-0.1, -0.05) is 30.9 Å². The fourth-order valence-corrected chi connectivity index (χ4v) is 4.70. The Morgan fingerprint density at radius 2 is 1.97 bits per heavy atom. The number of rotatable bonds is 3. The summed E-state index contributed by atoms with van der Waals surface area (Å²) in [4.78, 5) is 18.5. The van der Waals surface area contributed by atoms with E-state index in [1.54, 1.807) is 29.3 Å². The first kappa shape index (κ1) is 20.8. The maximum absolute atomic E-state index is 13.0. The van der Waals surface area contributed by atoms with Crippen LogP contribution in [-0.2, 0) is 12.0 Å². The molecule has 2 heterocycles. The summed E-state index contributed by atoms with van der Waals surface area (Å²) in [6.07, 6.45) is 1.52. The van der Waals surface area contributed by atoms with Crippen molar-refractivity contribution in [1.82, 2.24) is 10.3 Å². The first-order chi connectivity index (χ1) is 14.3. The van der Waals surface area contributed by atoms with Crippen LogP contribution in [0.5, 0.6) is 5.75 Å². The van der Waals surface area contributed by atoms with Crippen LogP contribution in [0.15, 0.2) is 36.5 Å². The third kappa shape index (κ3) is 4.33. The van der Waals surface area contributed by atoms with E-state index in [0.29, 0.717) is 17.4 Å². The predicted octanol–water partition coefficient (Wildman–Crippen LogP) is 5.57. The Morgan fingerprint density at radius 3 is 2.67 bits per heavy atom. The van der Waals surface area contributed by atoms with E-state index in [1.165, 1.54) is 12.1 Å². The number of pyridine rings is 1. The molecular weight excluding hydrogens is 419 g/mol. The van der Waals surface area contributed by atoms with Crippen molar-refractivity contribution < 1.29 is 22.7 Å². The van der Waals surface area contributed by atoms with Crippen LogP contribution in [0.3, 0.4) is 0 Å². The summed E-state index contributed by atoms with van der Waals surface area (Å²) in [5.41, 5.74) is 1.86. The van der Waals surface area contributed by atoms with E-state index in [1.807, 2.05) is 0 Å². The molecule has 2 aliphatic rings. The minimum absolute atomic E-state index is 0.250. The minimum Gasteiger partial charge on any atom is -0.406 e. The number of alkyl halides is 3. The predicted molar refractivity (Wildman–Crippen MR) is 107 cm³/mol. The van der Waals surface area contributed by atoms with Crippen molar-refractivity contribution in [3.8, 4) is 5.75 Å². The van der Waals surface area contributed by atoms with E-state index >= 15 is 0 Å². The monoisotopic (exact) mass is 439 g/mol. The van der Waals surface area contributed by atoms with Crippen molar-refractivity contribution in [2.24, 2.45) is 0 Å². The summed E-state index contributed by atoms with van der Waals surface area (Å²) >= 11 is 5.89. The van der Waals surface area contributed by atoms with Gasteiger partial charge in [-0.3, -0.25) is 4.90 Å². The Kier molecular flexibility index (Phi) is 5.53. The highest BCUT2D eigenvalue weighted by atomic mass is 35.5. The molecule has 0 saturated heterocycles. The molecule has 1 aromatic carbocycles. The Hall–Kier alpha value is -2.48. The van der Waals surface area contributed by atoms with E-state index in [9.17, 15) is 18.0 Å². The van der Waals surface area contributed by atoms with Crippen LogP contribution in [-0.4, -0.2) is 23.9 Å². The molecule has 1 fully saturated rings. The Labute approximate surface area is 177 Å². The molecule has 160 valence electrons. The Bertz CT molecular complexity index is 945. The zero-order valence-corrected chi connectivity index (χ0v) is 16.9. The molecule has 0 radical (unpaired) electrons. The first-order valence-corrected chi connectivity index (χ1v) is 10.2. The molecule has 5 nitrogen and oxygen atoms in total. The number of aromatic nitrogens is 1. The van der Waals surface area contributed by atoms with Gasteiger partial charge in [0.05, 0.1) is 0 Å². The van der Waals surface area contributed by atoms with Crippen LogP contribution in [0.1, 0.15) is 43.2 Å². The number of amides is 2. The number of anilines is 1. The van der Waals surface area contributed by atoms with Crippen molar-refractivity contribution >= 4 is 23.3 Å². The van der Waals surface area contributed by atoms with E-state index < -0.39 is 6.36 Å². The van der Waals surface area contributed by atoms with Crippen LogP contribution in [0, 0.1) is 0 Å². The highest BCUT2D eigenvalue weighted by molar-refractivity contribution is 6.29. The number of carbonyl (C=O) groups excluding carboxylic acids is 1. The molecule has 0 atom stereocenters. The second-order valence-electron chi connectivity index (χ2n) is 7.80.